The second-order valence-corrected chi connectivity index (χ2v) is 3.54. The van der Waals surface area contributed by atoms with Gasteiger partial charge in [-0.15, -0.1) is 0 Å². The van der Waals surface area contributed by atoms with Crippen LogP contribution in [-0.2, 0) is 6.42 Å². The summed E-state index contributed by atoms with van der Waals surface area (Å²) in [4.78, 5) is 0. The average molecular weight is 173 g/mol. The molecule has 1 rings (SSSR count). The highest BCUT2D eigenvalue weighted by Gasteiger charge is 2.05. The Bertz CT molecular complexity index is 331. The van der Waals surface area contributed by atoms with Crippen LogP contribution < -0.4 is 0 Å². The number of hydrogen-bond donors (Lipinski definition) is 0. The molecule has 13 heavy (non-hydrogen) atoms. The molecule has 1 heteroatoms. The number of nitriles is 1. The van der Waals surface area contributed by atoms with Crippen molar-refractivity contribution in [2.75, 3.05) is 0 Å². The number of hydrogen-bond acceptors (Lipinski definition) is 1. The molecule has 0 fully saturated rings. The lowest BCUT2D eigenvalue weighted by atomic mass is 9.95. The SMILES string of the molecule is CCc1ccc(C(C)C)c(C#N)c1. The molecule has 68 valence electrons. The quantitative estimate of drug-likeness (QED) is 0.673. The van der Waals surface area contributed by atoms with Crippen LogP contribution in [0.3, 0.4) is 0 Å². The first kappa shape index (κ1) is 9.80. The van der Waals surface area contributed by atoms with Gasteiger partial charge >= 0.3 is 0 Å². The Morgan fingerprint density at radius 3 is 2.54 bits per heavy atom. The van der Waals surface area contributed by atoms with Crippen LogP contribution in [-0.4, -0.2) is 0 Å². The van der Waals surface area contributed by atoms with E-state index in [1.807, 2.05) is 6.07 Å². The first-order valence-corrected chi connectivity index (χ1v) is 4.72. The van der Waals surface area contributed by atoms with Crippen LogP contribution in [0, 0.1) is 11.3 Å². The van der Waals surface area contributed by atoms with Crippen molar-refractivity contribution in [3.8, 4) is 6.07 Å². The molecule has 0 spiro atoms. The van der Waals surface area contributed by atoms with Crippen LogP contribution in [0.25, 0.3) is 0 Å². The van der Waals surface area contributed by atoms with E-state index in [-0.39, 0.29) is 0 Å². The Labute approximate surface area is 80.0 Å². The van der Waals surface area contributed by atoms with Crippen molar-refractivity contribution in [3.05, 3.63) is 34.9 Å². The predicted octanol–water partition coefficient (Wildman–Crippen LogP) is 3.24. The van der Waals surface area contributed by atoms with Gasteiger partial charge in [-0.05, 0) is 29.5 Å². The molecule has 0 heterocycles. The maximum absolute atomic E-state index is 8.94. The third kappa shape index (κ3) is 2.09. The lowest BCUT2D eigenvalue weighted by molar-refractivity contribution is 0.860. The number of benzene rings is 1. The largest absolute Gasteiger partial charge is 0.192 e. The molecule has 0 bridgehead atoms. The van der Waals surface area contributed by atoms with Crippen LogP contribution in [0.5, 0.6) is 0 Å². The highest BCUT2D eigenvalue weighted by atomic mass is 14.2. The van der Waals surface area contributed by atoms with E-state index in [0.29, 0.717) is 5.92 Å². The van der Waals surface area contributed by atoms with Gasteiger partial charge in [0, 0.05) is 0 Å². The highest BCUT2D eigenvalue weighted by molar-refractivity contribution is 5.42. The third-order valence-corrected chi connectivity index (χ3v) is 2.27. The number of rotatable bonds is 2. The van der Waals surface area contributed by atoms with Gasteiger partial charge in [0.2, 0.25) is 0 Å². The summed E-state index contributed by atoms with van der Waals surface area (Å²) < 4.78 is 0. The molecular weight excluding hydrogens is 158 g/mol. The molecule has 0 saturated heterocycles. The monoisotopic (exact) mass is 173 g/mol. The number of nitrogens with zero attached hydrogens (tertiary/aromatic N) is 1. The molecule has 1 nitrogen and oxygen atoms in total. The van der Waals surface area contributed by atoms with E-state index >= 15 is 0 Å². The summed E-state index contributed by atoms with van der Waals surface area (Å²) in [5.74, 6) is 0.431. The number of aryl methyl sites for hydroxylation is 1. The summed E-state index contributed by atoms with van der Waals surface area (Å²) >= 11 is 0. The van der Waals surface area contributed by atoms with Crippen molar-refractivity contribution >= 4 is 0 Å². The van der Waals surface area contributed by atoms with Crippen molar-refractivity contribution < 1.29 is 0 Å². The zero-order valence-corrected chi connectivity index (χ0v) is 8.46. The Morgan fingerprint density at radius 2 is 2.08 bits per heavy atom. The van der Waals surface area contributed by atoms with E-state index in [0.717, 1.165) is 17.5 Å². The molecule has 0 unspecified atom stereocenters. The Balaban J connectivity index is 3.18. The second-order valence-electron chi connectivity index (χ2n) is 3.54. The fraction of sp³-hybridized carbons (Fsp3) is 0.417. The van der Waals surface area contributed by atoms with Gasteiger partial charge in [0.25, 0.3) is 0 Å². The zero-order valence-electron chi connectivity index (χ0n) is 8.46. The zero-order chi connectivity index (χ0) is 9.84. The molecule has 0 radical (unpaired) electrons. The minimum Gasteiger partial charge on any atom is -0.192 e. The summed E-state index contributed by atoms with van der Waals surface area (Å²) in [6, 6.07) is 8.43. The molecule has 0 atom stereocenters. The second kappa shape index (κ2) is 4.09. The summed E-state index contributed by atoms with van der Waals surface area (Å²) in [6.07, 6.45) is 0.993. The third-order valence-electron chi connectivity index (χ3n) is 2.27. The molecule has 0 aromatic heterocycles. The van der Waals surface area contributed by atoms with E-state index < -0.39 is 0 Å². The van der Waals surface area contributed by atoms with Crippen molar-refractivity contribution in [2.45, 2.75) is 33.1 Å². The Kier molecular flexibility index (Phi) is 3.08. The van der Waals surface area contributed by atoms with Gasteiger partial charge in [0.15, 0.2) is 0 Å². The fourth-order valence-electron chi connectivity index (χ4n) is 1.42. The van der Waals surface area contributed by atoms with Crippen molar-refractivity contribution in [3.63, 3.8) is 0 Å². The van der Waals surface area contributed by atoms with E-state index in [4.69, 9.17) is 5.26 Å². The highest BCUT2D eigenvalue weighted by Crippen LogP contribution is 2.20. The van der Waals surface area contributed by atoms with Crippen LogP contribution in [0.15, 0.2) is 18.2 Å². The first-order chi connectivity index (χ1) is 6.19. The molecule has 0 amide bonds. The van der Waals surface area contributed by atoms with Crippen LogP contribution in [0.2, 0.25) is 0 Å². The first-order valence-electron chi connectivity index (χ1n) is 4.72. The van der Waals surface area contributed by atoms with Crippen molar-refractivity contribution in [2.24, 2.45) is 0 Å². The Hall–Kier alpha value is -1.29. The molecule has 0 aliphatic rings. The average Bonchev–Trinajstić information content (AvgIpc) is 2.16. The van der Waals surface area contributed by atoms with Crippen molar-refractivity contribution in [1.82, 2.24) is 0 Å². The minimum absolute atomic E-state index is 0.431. The van der Waals surface area contributed by atoms with Crippen LogP contribution in [0.1, 0.15) is 43.4 Å². The molecule has 1 aromatic rings. The maximum atomic E-state index is 8.94. The van der Waals surface area contributed by atoms with Gasteiger partial charge in [-0.3, -0.25) is 0 Å². The normalized spacial score (nSPS) is 10.1. The molecule has 0 N–H and O–H groups in total. The molecule has 0 aliphatic heterocycles. The minimum atomic E-state index is 0.431. The van der Waals surface area contributed by atoms with Gasteiger partial charge in [0.05, 0.1) is 11.6 Å². The van der Waals surface area contributed by atoms with Crippen LogP contribution in [0.4, 0.5) is 0 Å². The topological polar surface area (TPSA) is 23.8 Å². The fourth-order valence-corrected chi connectivity index (χ4v) is 1.42. The van der Waals surface area contributed by atoms with Gasteiger partial charge < -0.3 is 0 Å². The lowest BCUT2D eigenvalue weighted by Gasteiger charge is -2.08. The van der Waals surface area contributed by atoms with E-state index in [1.54, 1.807) is 0 Å². The smallest absolute Gasteiger partial charge is 0.0994 e. The predicted molar refractivity (Wildman–Crippen MR) is 54.6 cm³/mol. The van der Waals surface area contributed by atoms with E-state index in [1.165, 1.54) is 5.56 Å². The summed E-state index contributed by atoms with van der Waals surface area (Å²) in [5.41, 5.74) is 3.22. The molecule has 0 aliphatic carbocycles. The van der Waals surface area contributed by atoms with Crippen molar-refractivity contribution in [1.29, 1.82) is 5.26 Å². The summed E-state index contributed by atoms with van der Waals surface area (Å²) in [7, 11) is 0. The maximum Gasteiger partial charge on any atom is 0.0994 e. The van der Waals surface area contributed by atoms with Gasteiger partial charge in [-0.1, -0.05) is 32.9 Å². The van der Waals surface area contributed by atoms with E-state index in [9.17, 15) is 0 Å². The standard InChI is InChI=1S/C12H15N/c1-4-10-5-6-12(9(2)3)11(7-10)8-13/h5-7,9H,4H2,1-3H3. The van der Waals surface area contributed by atoms with Gasteiger partial charge in [-0.25, -0.2) is 0 Å². The van der Waals surface area contributed by atoms with Gasteiger partial charge in [0.1, 0.15) is 0 Å². The summed E-state index contributed by atoms with van der Waals surface area (Å²) in [6.45, 7) is 6.33. The molecule has 0 saturated carbocycles. The lowest BCUT2D eigenvalue weighted by Crippen LogP contribution is -1.94. The van der Waals surface area contributed by atoms with E-state index in [2.05, 4.69) is 39.0 Å². The molecular formula is C12H15N. The molecule has 1 aromatic carbocycles. The van der Waals surface area contributed by atoms with Crippen LogP contribution >= 0.6 is 0 Å². The summed E-state index contributed by atoms with van der Waals surface area (Å²) in [5, 5.41) is 8.94. The Morgan fingerprint density at radius 1 is 1.38 bits per heavy atom. The van der Waals surface area contributed by atoms with Gasteiger partial charge in [-0.2, -0.15) is 5.26 Å².